The summed E-state index contributed by atoms with van der Waals surface area (Å²) in [6.07, 6.45) is 0.562. The molecule has 0 unspecified atom stereocenters. The lowest BCUT2D eigenvalue weighted by Gasteiger charge is -2.36. The minimum Gasteiger partial charge on any atom is -0.353 e. The van der Waals surface area contributed by atoms with Gasteiger partial charge in [-0.3, -0.25) is 0 Å². The summed E-state index contributed by atoms with van der Waals surface area (Å²) in [4.78, 5) is 26.2. The second-order valence-electron chi connectivity index (χ2n) is 8.64. The highest BCUT2D eigenvalue weighted by atomic mass is 19.1. The fraction of sp³-hybridized carbons (Fsp3) is 0.346. The topological polar surface area (TPSA) is 61.4 Å². The number of urea groups is 1. The van der Waals surface area contributed by atoms with Gasteiger partial charge in [0.15, 0.2) is 0 Å². The van der Waals surface area contributed by atoms with Gasteiger partial charge in [0, 0.05) is 49.5 Å². The number of para-hydroxylation sites is 1. The molecule has 3 aromatic rings. The monoisotopic (exact) mass is 447 g/mol. The van der Waals surface area contributed by atoms with Gasteiger partial charge in [0.25, 0.3) is 0 Å². The Kier molecular flexibility index (Phi) is 6.58. The first-order chi connectivity index (χ1) is 15.8. The zero-order valence-corrected chi connectivity index (χ0v) is 19.7. The molecule has 172 valence electrons. The van der Waals surface area contributed by atoms with Crippen LogP contribution in [0.2, 0.25) is 0 Å². The first-order valence-electron chi connectivity index (χ1n) is 11.3. The Morgan fingerprint density at radius 2 is 1.64 bits per heavy atom. The highest BCUT2D eigenvalue weighted by Crippen LogP contribution is 2.26. The van der Waals surface area contributed by atoms with E-state index in [1.807, 2.05) is 56.9 Å². The Labute approximate surface area is 194 Å². The van der Waals surface area contributed by atoms with Crippen molar-refractivity contribution in [2.45, 2.75) is 34.1 Å². The molecule has 7 heteroatoms. The van der Waals surface area contributed by atoms with Gasteiger partial charge in [-0.2, -0.15) is 0 Å². The average molecular weight is 448 g/mol. The zero-order chi connectivity index (χ0) is 23.5. The molecule has 1 aliphatic heterocycles. The van der Waals surface area contributed by atoms with Gasteiger partial charge in [0.2, 0.25) is 0 Å². The van der Waals surface area contributed by atoms with Gasteiger partial charge < -0.3 is 15.1 Å². The van der Waals surface area contributed by atoms with Gasteiger partial charge in [-0.25, -0.2) is 19.2 Å². The number of halogens is 1. The lowest BCUT2D eigenvalue weighted by Crippen LogP contribution is -2.50. The molecule has 2 amide bonds. The molecular formula is C26H30FN5O. The molecule has 0 bridgehead atoms. The van der Waals surface area contributed by atoms with E-state index in [9.17, 15) is 9.18 Å². The number of carbonyl (C=O) groups is 1. The lowest BCUT2D eigenvalue weighted by molar-refractivity contribution is 0.208. The number of rotatable bonds is 4. The molecule has 1 saturated heterocycles. The van der Waals surface area contributed by atoms with E-state index in [0.717, 1.165) is 39.5 Å². The summed E-state index contributed by atoms with van der Waals surface area (Å²) in [5.41, 5.74) is 5.77. The number of benzene rings is 2. The minimum atomic E-state index is -0.247. The summed E-state index contributed by atoms with van der Waals surface area (Å²) in [7, 11) is 0. The molecule has 4 rings (SSSR count). The summed E-state index contributed by atoms with van der Waals surface area (Å²) < 4.78 is 13.7. The SMILES string of the molecule is Cc1nc(C)c(Cc2cccc(F)c2)c(N2CCN(C(=O)Nc3c(C)cccc3C)CC2)n1. The molecule has 6 nitrogen and oxygen atoms in total. The number of hydrogen-bond donors (Lipinski definition) is 1. The van der Waals surface area contributed by atoms with Crippen molar-refractivity contribution in [3.05, 3.63) is 82.1 Å². The van der Waals surface area contributed by atoms with E-state index < -0.39 is 0 Å². The molecule has 2 aromatic carbocycles. The van der Waals surface area contributed by atoms with Crippen molar-refractivity contribution in [3.63, 3.8) is 0 Å². The average Bonchev–Trinajstić information content (AvgIpc) is 2.78. The van der Waals surface area contributed by atoms with Crippen LogP contribution in [0, 0.1) is 33.5 Å². The number of amides is 2. The van der Waals surface area contributed by atoms with E-state index >= 15 is 0 Å². The van der Waals surface area contributed by atoms with E-state index in [1.54, 1.807) is 12.1 Å². The van der Waals surface area contributed by atoms with Crippen LogP contribution < -0.4 is 10.2 Å². The maximum Gasteiger partial charge on any atom is 0.321 e. The number of aromatic nitrogens is 2. The second kappa shape index (κ2) is 9.57. The summed E-state index contributed by atoms with van der Waals surface area (Å²) in [5, 5.41) is 3.08. The van der Waals surface area contributed by atoms with Crippen molar-refractivity contribution in [3.8, 4) is 0 Å². The highest BCUT2D eigenvalue weighted by molar-refractivity contribution is 5.91. The van der Waals surface area contributed by atoms with E-state index in [2.05, 4.69) is 15.2 Å². The molecule has 1 aliphatic rings. The predicted octanol–water partition coefficient (Wildman–Crippen LogP) is 4.79. The molecule has 1 aromatic heterocycles. The first-order valence-corrected chi connectivity index (χ1v) is 11.3. The molecule has 2 heterocycles. The Morgan fingerprint density at radius 3 is 2.30 bits per heavy atom. The summed E-state index contributed by atoms with van der Waals surface area (Å²) in [6.45, 7) is 10.4. The molecule has 0 spiro atoms. The van der Waals surface area contributed by atoms with Crippen molar-refractivity contribution < 1.29 is 9.18 Å². The molecule has 0 aliphatic carbocycles. The lowest BCUT2D eigenvalue weighted by atomic mass is 10.0. The molecular weight excluding hydrogens is 417 g/mol. The summed E-state index contributed by atoms with van der Waals surface area (Å²) in [5.74, 6) is 1.34. The van der Waals surface area contributed by atoms with E-state index in [1.165, 1.54) is 6.07 Å². The number of hydrogen-bond acceptors (Lipinski definition) is 4. The van der Waals surface area contributed by atoms with Crippen LogP contribution in [0.1, 0.15) is 33.8 Å². The molecule has 1 N–H and O–H groups in total. The Balaban J connectivity index is 1.49. The number of anilines is 2. The largest absolute Gasteiger partial charge is 0.353 e. The van der Waals surface area contributed by atoms with Crippen LogP contribution in [-0.4, -0.2) is 47.1 Å². The smallest absolute Gasteiger partial charge is 0.321 e. The zero-order valence-electron chi connectivity index (χ0n) is 19.7. The highest BCUT2D eigenvalue weighted by Gasteiger charge is 2.25. The van der Waals surface area contributed by atoms with Gasteiger partial charge in [0.05, 0.1) is 0 Å². The quantitative estimate of drug-likeness (QED) is 0.624. The van der Waals surface area contributed by atoms with Crippen LogP contribution >= 0.6 is 0 Å². The maximum absolute atomic E-state index is 13.7. The van der Waals surface area contributed by atoms with Gasteiger partial charge in [-0.05, 0) is 56.5 Å². The standard InChI is InChI=1S/C26H30FN5O/c1-17-7-5-8-18(2)24(17)30-26(33)32-13-11-31(12-14-32)25-23(19(3)28-20(4)29-25)16-21-9-6-10-22(27)15-21/h5-10,15H,11-14,16H2,1-4H3,(H,30,33). The Bertz CT molecular complexity index is 1150. The maximum atomic E-state index is 13.7. The third-order valence-corrected chi connectivity index (χ3v) is 6.15. The molecule has 0 radical (unpaired) electrons. The fourth-order valence-corrected chi connectivity index (χ4v) is 4.36. The third-order valence-electron chi connectivity index (χ3n) is 6.15. The van der Waals surface area contributed by atoms with Crippen LogP contribution in [0.3, 0.4) is 0 Å². The number of piperazine rings is 1. The summed E-state index contributed by atoms with van der Waals surface area (Å²) >= 11 is 0. The first kappa shape index (κ1) is 22.7. The van der Waals surface area contributed by atoms with Crippen LogP contribution in [0.15, 0.2) is 42.5 Å². The van der Waals surface area contributed by atoms with Crippen LogP contribution in [0.25, 0.3) is 0 Å². The van der Waals surface area contributed by atoms with Crippen molar-refractivity contribution in [1.82, 2.24) is 14.9 Å². The van der Waals surface area contributed by atoms with Gasteiger partial charge in [0.1, 0.15) is 17.5 Å². The van der Waals surface area contributed by atoms with E-state index in [4.69, 9.17) is 4.98 Å². The number of aryl methyl sites for hydroxylation is 4. The number of nitrogens with one attached hydrogen (secondary N) is 1. The van der Waals surface area contributed by atoms with Crippen molar-refractivity contribution in [2.75, 3.05) is 36.4 Å². The van der Waals surface area contributed by atoms with E-state index in [0.29, 0.717) is 38.4 Å². The van der Waals surface area contributed by atoms with Crippen LogP contribution in [0.5, 0.6) is 0 Å². The fourth-order valence-electron chi connectivity index (χ4n) is 4.36. The third kappa shape index (κ3) is 5.13. The number of carbonyl (C=O) groups excluding carboxylic acids is 1. The van der Waals surface area contributed by atoms with Crippen molar-refractivity contribution in [2.24, 2.45) is 0 Å². The molecule has 1 fully saturated rings. The van der Waals surface area contributed by atoms with Crippen molar-refractivity contribution in [1.29, 1.82) is 0 Å². The minimum absolute atomic E-state index is 0.0814. The Morgan fingerprint density at radius 1 is 0.970 bits per heavy atom. The van der Waals surface area contributed by atoms with Crippen LogP contribution in [0.4, 0.5) is 20.7 Å². The molecule has 0 atom stereocenters. The summed E-state index contributed by atoms with van der Waals surface area (Å²) in [6, 6.07) is 12.6. The van der Waals surface area contributed by atoms with Gasteiger partial charge in [-0.15, -0.1) is 0 Å². The van der Waals surface area contributed by atoms with Gasteiger partial charge in [-0.1, -0.05) is 30.3 Å². The normalized spacial score (nSPS) is 13.8. The van der Waals surface area contributed by atoms with Crippen LogP contribution in [-0.2, 0) is 6.42 Å². The molecule has 0 saturated carbocycles. The predicted molar refractivity (Wildman–Crippen MR) is 129 cm³/mol. The Hall–Kier alpha value is -3.48. The van der Waals surface area contributed by atoms with E-state index in [-0.39, 0.29) is 11.8 Å². The number of nitrogens with zero attached hydrogens (tertiary/aromatic N) is 4. The molecule has 33 heavy (non-hydrogen) atoms. The van der Waals surface area contributed by atoms with Crippen molar-refractivity contribution >= 4 is 17.5 Å². The second-order valence-corrected chi connectivity index (χ2v) is 8.64. The van der Waals surface area contributed by atoms with Gasteiger partial charge >= 0.3 is 6.03 Å².